The Morgan fingerprint density at radius 1 is 0.958 bits per heavy atom. The number of hydrogen-bond acceptors (Lipinski definition) is 1. The number of benzene rings is 2. The molecule has 0 atom stereocenters. The first-order chi connectivity index (χ1) is 11.5. The Balaban J connectivity index is 1.86. The predicted molar refractivity (Wildman–Crippen MR) is 88.9 cm³/mol. The molecule has 1 aliphatic heterocycles. The van der Waals surface area contributed by atoms with E-state index in [1.54, 1.807) is 12.1 Å². The van der Waals surface area contributed by atoms with Crippen molar-refractivity contribution in [2.75, 3.05) is 13.1 Å². The van der Waals surface area contributed by atoms with Gasteiger partial charge in [0.05, 0.1) is 11.1 Å². The minimum atomic E-state index is -4.30. The fourth-order valence-corrected chi connectivity index (χ4v) is 3.45. The molecule has 1 N–H and O–H groups in total. The molecule has 3 aromatic rings. The number of para-hydroxylation sites is 1. The van der Waals surface area contributed by atoms with Crippen LogP contribution in [-0.4, -0.2) is 17.7 Å². The smallest absolute Gasteiger partial charge is 0.343 e. The number of hydrogen-bond donors (Lipinski definition) is 1. The van der Waals surface area contributed by atoms with E-state index in [0.29, 0.717) is 0 Å². The second-order valence-corrected chi connectivity index (χ2v) is 6.11. The molecule has 0 saturated carbocycles. The zero-order valence-corrected chi connectivity index (χ0v) is 13.0. The van der Waals surface area contributed by atoms with Crippen LogP contribution in [0.25, 0.3) is 22.0 Å². The highest BCUT2D eigenvalue weighted by Crippen LogP contribution is 2.34. The van der Waals surface area contributed by atoms with E-state index < -0.39 is 11.7 Å². The SMILES string of the molecule is FC(F)(F)c1ccc(-c2cccc3cc4n(c23)CCNCC4)cc1. The van der Waals surface area contributed by atoms with Gasteiger partial charge in [0.2, 0.25) is 0 Å². The molecule has 2 nitrogen and oxygen atoms in total. The number of fused-ring (bicyclic) bond motifs is 3. The van der Waals surface area contributed by atoms with Crippen molar-refractivity contribution >= 4 is 10.9 Å². The van der Waals surface area contributed by atoms with E-state index in [4.69, 9.17) is 0 Å². The van der Waals surface area contributed by atoms with Crippen LogP contribution < -0.4 is 5.32 Å². The molecule has 0 unspecified atom stereocenters. The highest BCUT2D eigenvalue weighted by Gasteiger charge is 2.30. The maximum Gasteiger partial charge on any atom is 0.416 e. The Bertz CT molecular complexity index is 876. The molecule has 1 aliphatic rings. The summed E-state index contributed by atoms with van der Waals surface area (Å²) in [7, 11) is 0. The Labute approximate surface area is 137 Å². The van der Waals surface area contributed by atoms with Crippen LogP contribution in [0.2, 0.25) is 0 Å². The van der Waals surface area contributed by atoms with E-state index >= 15 is 0 Å². The number of aromatic nitrogens is 1. The van der Waals surface area contributed by atoms with E-state index in [-0.39, 0.29) is 0 Å². The first kappa shape index (κ1) is 15.3. The highest BCUT2D eigenvalue weighted by atomic mass is 19.4. The van der Waals surface area contributed by atoms with Crippen molar-refractivity contribution in [3.63, 3.8) is 0 Å². The van der Waals surface area contributed by atoms with Gasteiger partial charge in [-0.15, -0.1) is 0 Å². The van der Waals surface area contributed by atoms with Crippen LogP contribution in [-0.2, 0) is 19.1 Å². The minimum absolute atomic E-state index is 0.614. The van der Waals surface area contributed by atoms with Crippen molar-refractivity contribution in [1.82, 2.24) is 9.88 Å². The highest BCUT2D eigenvalue weighted by molar-refractivity contribution is 5.95. The van der Waals surface area contributed by atoms with Crippen LogP contribution in [0.3, 0.4) is 0 Å². The number of alkyl halides is 3. The molecule has 1 aromatic heterocycles. The van der Waals surface area contributed by atoms with Crippen LogP contribution in [0.5, 0.6) is 0 Å². The second kappa shape index (κ2) is 5.67. The summed E-state index contributed by atoms with van der Waals surface area (Å²) in [5, 5.41) is 4.53. The van der Waals surface area contributed by atoms with Gasteiger partial charge in [-0.05, 0) is 23.8 Å². The molecule has 0 fully saturated rings. The Morgan fingerprint density at radius 2 is 1.75 bits per heavy atom. The topological polar surface area (TPSA) is 17.0 Å². The molecule has 0 amide bonds. The molecule has 124 valence electrons. The van der Waals surface area contributed by atoms with Crippen molar-refractivity contribution in [2.45, 2.75) is 19.1 Å². The minimum Gasteiger partial charge on any atom is -0.343 e. The van der Waals surface area contributed by atoms with Gasteiger partial charge in [-0.3, -0.25) is 0 Å². The molecule has 0 bridgehead atoms. The molecule has 0 saturated heterocycles. The zero-order chi connectivity index (χ0) is 16.7. The summed E-state index contributed by atoms with van der Waals surface area (Å²) >= 11 is 0. The summed E-state index contributed by atoms with van der Waals surface area (Å²) < 4.78 is 40.6. The molecule has 2 aromatic carbocycles. The maximum atomic E-state index is 12.8. The standard InChI is InChI=1S/C19H17F3N2/c20-19(21,22)15-6-4-13(5-7-15)17-3-1-2-14-12-16-8-9-23-10-11-24(16)18(14)17/h1-7,12,23H,8-11H2. The van der Waals surface area contributed by atoms with Gasteiger partial charge in [0.15, 0.2) is 0 Å². The first-order valence-corrected chi connectivity index (χ1v) is 8.03. The maximum absolute atomic E-state index is 12.8. The van der Waals surface area contributed by atoms with Gasteiger partial charge in [-0.2, -0.15) is 13.2 Å². The average Bonchev–Trinajstić information content (AvgIpc) is 2.76. The van der Waals surface area contributed by atoms with Crippen LogP contribution in [0.1, 0.15) is 11.3 Å². The van der Waals surface area contributed by atoms with Crippen LogP contribution in [0.15, 0.2) is 48.5 Å². The largest absolute Gasteiger partial charge is 0.416 e. The molecule has 5 heteroatoms. The van der Waals surface area contributed by atoms with E-state index in [1.165, 1.54) is 5.69 Å². The van der Waals surface area contributed by atoms with Gasteiger partial charge in [-0.25, -0.2) is 0 Å². The van der Waals surface area contributed by atoms with Gasteiger partial charge in [0.1, 0.15) is 0 Å². The summed E-state index contributed by atoms with van der Waals surface area (Å²) in [6.45, 7) is 2.72. The van der Waals surface area contributed by atoms with E-state index in [9.17, 15) is 13.2 Å². The van der Waals surface area contributed by atoms with Crippen molar-refractivity contribution in [2.24, 2.45) is 0 Å². The molecular weight excluding hydrogens is 313 g/mol. The summed E-state index contributed by atoms with van der Waals surface area (Å²) in [6, 6.07) is 13.6. The lowest BCUT2D eigenvalue weighted by Crippen LogP contribution is -2.17. The van der Waals surface area contributed by atoms with Gasteiger partial charge in [-0.1, -0.05) is 30.3 Å². The van der Waals surface area contributed by atoms with Crippen LogP contribution in [0, 0.1) is 0 Å². The molecule has 2 heterocycles. The lowest BCUT2D eigenvalue weighted by molar-refractivity contribution is -0.137. The number of nitrogens with one attached hydrogen (secondary N) is 1. The average molecular weight is 330 g/mol. The lowest BCUT2D eigenvalue weighted by Gasteiger charge is -2.12. The third-order valence-electron chi connectivity index (χ3n) is 4.60. The van der Waals surface area contributed by atoms with Gasteiger partial charge >= 0.3 is 6.18 Å². The van der Waals surface area contributed by atoms with Gasteiger partial charge < -0.3 is 9.88 Å². The quantitative estimate of drug-likeness (QED) is 0.696. The van der Waals surface area contributed by atoms with Crippen molar-refractivity contribution in [1.29, 1.82) is 0 Å². The Kier molecular flexibility index (Phi) is 3.61. The van der Waals surface area contributed by atoms with E-state index in [0.717, 1.165) is 60.2 Å². The molecule has 0 aliphatic carbocycles. The molecular formula is C19H17F3N2. The number of rotatable bonds is 1. The summed E-state index contributed by atoms with van der Waals surface area (Å²) in [5.74, 6) is 0. The van der Waals surface area contributed by atoms with Crippen molar-refractivity contribution in [3.8, 4) is 11.1 Å². The molecule has 24 heavy (non-hydrogen) atoms. The zero-order valence-electron chi connectivity index (χ0n) is 13.0. The fraction of sp³-hybridized carbons (Fsp3) is 0.263. The van der Waals surface area contributed by atoms with E-state index in [1.807, 2.05) is 12.1 Å². The van der Waals surface area contributed by atoms with Crippen LogP contribution >= 0.6 is 0 Å². The second-order valence-electron chi connectivity index (χ2n) is 6.11. The van der Waals surface area contributed by atoms with Gasteiger partial charge in [0.25, 0.3) is 0 Å². The van der Waals surface area contributed by atoms with E-state index in [2.05, 4.69) is 22.0 Å². The molecule has 0 radical (unpaired) electrons. The van der Waals surface area contributed by atoms with Crippen LogP contribution in [0.4, 0.5) is 13.2 Å². The third kappa shape index (κ3) is 2.59. The Hall–Kier alpha value is -2.27. The lowest BCUT2D eigenvalue weighted by atomic mass is 10.0. The predicted octanol–water partition coefficient (Wildman–Crippen LogP) is 4.47. The monoisotopic (exact) mass is 330 g/mol. The number of nitrogens with zero attached hydrogens (tertiary/aromatic N) is 1. The third-order valence-corrected chi connectivity index (χ3v) is 4.60. The van der Waals surface area contributed by atoms with Gasteiger partial charge in [0, 0.05) is 42.7 Å². The fourth-order valence-electron chi connectivity index (χ4n) is 3.45. The Morgan fingerprint density at radius 3 is 2.50 bits per heavy atom. The van der Waals surface area contributed by atoms with Crippen molar-refractivity contribution in [3.05, 3.63) is 59.8 Å². The first-order valence-electron chi connectivity index (χ1n) is 8.03. The van der Waals surface area contributed by atoms with Crippen molar-refractivity contribution < 1.29 is 13.2 Å². The molecule has 0 spiro atoms. The number of halogens is 3. The summed E-state index contributed by atoms with van der Waals surface area (Å²) in [4.78, 5) is 0. The normalized spacial score (nSPS) is 15.3. The summed E-state index contributed by atoms with van der Waals surface area (Å²) in [6.07, 6.45) is -3.34. The molecule has 4 rings (SSSR count). The summed E-state index contributed by atoms with van der Waals surface area (Å²) in [5.41, 5.74) is 3.56.